The first-order valence-electron chi connectivity index (χ1n) is 5.42. The lowest BCUT2D eigenvalue weighted by atomic mass is 10.3. The van der Waals surface area contributed by atoms with Gasteiger partial charge in [-0.05, 0) is 20.8 Å². The smallest absolute Gasteiger partial charge is 0.171 e. The Labute approximate surface area is 97.4 Å². The van der Waals surface area contributed by atoms with Crippen LogP contribution in [-0.4, -0.2) is 51.5 Å². The summed E-state index contributed by atoms with van der Waals surface area (Å²) in [5, 5.41) is 4.12. The summed E-state index contributed by atoms with van der Waals surface area (Å²) in [5.41, 5.74) is 0. The molecular weight excluding hydrogens is 230 g/mol. The molecule has 0 bridgehead atoms. The van der Waals surface area contributed by atoms with E-state index >= 15 is 0 Å². The summed E-state index contributed by atoms with van der Waals surface area (Å²) in [6, 6.07) is 0. The molecule has 0 aromatic carbocycles. The quantitative estimate of drug-likeness (QED) is 0.713. The molecule has 0 saturated carbocycles. The molecule has 16 heavy (non-hydrogen) atoms. The molecule has 5 nitrogen and oxygen atoms in total. The second-order valence-electron chi connectivity index (χ2n) is 4.73. The van der Waals surface area contributed by atoms with Crippen LogP contribution in [0, 0.1) is 0 Å². The molecule has 1 atom stereocenters. The second-order valence-corrected chi connectivity index (χ2v) is 7.59. The monoisotopic (exact) mass is 250 g/mol. The highest BCUT2D eigenvalue weighted by atomic mass is 32.2. The van der Waals surface area contributed by atoms with Crippen LogP contribution in [0.3, 0.4) is 0 Å². The maximum atomic E-state index is 11.7. The highest BCUT2D eigenvalue weighted by Crippen LogP contribution is 2.15. The highest BCUT2D eigenvalue weighted by Gasteiger charge is 2.28. The SMILES string of the molecule is CC(C)(C)S(=O)(=O)CCOC1C[N]CCO1. The Morgan fingerprint density at radius 1 is 1.44 bits per heavy atom. The molecule has 1 saturated heterocycles. The number of hydrogen-bond acceptors (Lipinski definition) is 4. The van der Waals surface area contributed by atoms with Crippen molar-refractivity contribution in [3.05, 3.63) is 0 Å². The fourth-order valence-electron chi connectivity index (χ4n) is 1.19. The maximum absolute atomic E-state index is 11.7. The average Bonchev–Trinajstić information content (AvgIpc) is 2.17. The minimum Gasteiger partial charge on any atom is -0.350 e. The van der Waals surface area contributed by atoms with Gasteiger partial charge in [0.2, 0.25) is 0 Å². The molecule has 0 aromatic heterocycles. The van der Waals surface area contributed by atoms with Gasteiger partial charge in [0, 0.05) is 6.54 Å². The largest absolute Gasteiger partial charge is 0.350 e. The van der Waals surface area contributed by atoms with Gasteiger partial charge in [0.25, 0.3) is 0 Å². The number of hydrogen-bond donors (Lipinski definition) is 0. The molecule has 0 aliphatic carbocycles. The predicted octanol–water partition coefficient (Wildman–Crippen LogP) is 0.177. The van der Waals surface area contributed by atoms with Crippen LogP contribution in [0.4, 0.5) is 0 Å². The van der Waals surface area contributed by atoms with Gasteiger partial charge in [-0.25, -0.2) is 13.7 Å². The van der Waals surface area contributed by atoms with Gasteiger partial charge in [-0.2, -0.15) is 0 Å². The Kier molecular flexibility index (Phi) is 4.73. The molecule has 1 aliphatic heterocycles. The van der Waals surface area contributed by atoms with Crippen LogP contribution in [0.5, 0.6) is 0 Å². The van der Waals surface area contributed by atoms with Gasteiger partial charge in [0.1, 0.15) is 0 Å². The first kappa shape index (κ1) is 13.9. The number of rotatable bonds is 4. The molecule has 1 unspecified atom stereocenters. The van der Waals surface area contributed by atoms with Crippen LogP contribution in [0.2, 0.25) is 0 Å². The molecule has 0 aromatic rings. The minimum absolute atomic E-state index is 0.0242. The molecular formula is C10H20NO4S. The summed E-state index contributed by atoms with van der Waals surface area (Å²) in [5.74, 6) is 0.0242. The maximum Gasteiger partial charge on any atom is 0.171 e. The first-order valence-corrected chi connectivity index (χ1v) is 7.07. The van der Waals surface area contributed by atoms with Gasteiger partial charge in [0.05, 0.1) is 30.3 Å². The van der Waals surface area contributed by atoms with Gasteiger partial charge >= 0.3 is 0 Å². The third-order valence-electron chi connectivity index (χ3n) is 2.42. The fourth-order valence-corrected chi connectivity index (χ4v) is 2.12. The summed E-state index contributed by atoms with van der Waals surface area (Å²) in [4.78, 5) is 0. The van der Waals surface area contributed by atoms with E-state index < -0.39 is 14.6 Å². The number of morpholine rings is 1. The van der Waals surface area contributed by atoms with Crippen LogP contribution >= 0.6 is 0 Å². The van der Waals surface area contributed by atoms with Gasteiger partial charge in [-0.1, -0.05) is 0 Å². The van der Waals surface area contributed by atoms with Crippen molar-refractivity contribution in [3.63, 3.8) is 0 Å². The lowest BCUT2D eigenvalue weighted by molar-refractivity contribution is -0.150. The summed E-state index contributed by atoms with van der Waals surface area (Å²) in [6.45, 7) is 6.98. The molecule has 1 fully saturated rings. The van der Waals surface area contributed by atoms with E-state index in [0.29, 0.717) is 19.7 Å². The number of ether oxygens (including phenoxy) is 2. The topological polar surface area (TPSA) is 66.7 Å². The van der Waals surface area contributed by atoms with Crippen molar-refractivity contribution in [1.82, 2.24) is 5.32 Å². The van der Waals surface area contributed by atoms with Crippen molar-refractivity contribution in [2.75, 3.05) is 32.1 Å². The Hall–Kier alpha value is -0.170. The summed E-state index contributed by atoms with van der Waals surface area (Å²) >= 11 is 0. The Morgan fingerprint density at radius 2 is 2.12 bits per heavy atom. The van der Waals surface area contributed by atoms with Gasteiger partial charge in [-0.3, -0.25) is 0 Å². The van der Waals surface area contributed by atoms with E-state index in [1.54, 1.807) is 20.8 Å². The van der Waals surface area contributed by atoms with Gasteiger partial charge in [-0.15, -0.1) is 0 Å². The molecule has 0 N–H and O–H groups in total. The summed E-state index contributed by atoms with van der Waals surface area (Å²) in [6.07, 6.45) is -0.371. The van der Waals surface area contributed by atoms with E-state index in [1.165, 1.54) is 0 Å². The average molecular weight is 250 g/mol. The van der Waals surface area contributed by atoms with Crippen molar-refractivity contribution >= 4 is 9.84 Å². The lowest BCUT2D eigenvalue weighted by Crippen LogP contribution is -2.38. The first-order chi connectivity index (χ1) is 7.33. The molecule has 95 valence electrons. The molecule has 1 rings (SSSR count). The van der Waals surface area contributed by atoms with Crippen LogP contribution in [-0.2, 0) is 19.3 Å². The standard InChI is InChI=1S/C10H20NO4S/c1-10(2,3)16(12,13)7-6-15-9-8-11-4-5-14-9/h9H,4-8H2,1-3H3. The van der Waals surface area contributed by atoms with Crippen LogP contribution in [0.25, 0.3) is 0 Å². The van der Waals surface area contributed by atoms with Crippen molar-refractivity contribution < 1.29 is 17.9 Å². The van der Waals surface area contributed by atoms with Gasteiger partial charge in [0.15, 0.2) is 16.1 Å². The molecule has 6 heteroatoms. The van der Waals surface area contributed by atoms with Crippen LogP contribution in [0.1, 0.15) is 20.8 Å². The zero-order chi connectivity index (χ0) is 12.2. The predicted molar refractivity (Wildman–Crippen MR) is 61.1 cm³/mol. The lowest BCUT2D eigenvalue weighted by Gasteiger charge is -2.24. The number of sulfone groups is 1. The number of nitrogens with zero attached hydrogens (tertiary/aromatic N) is 1. The summed E-state index contributed by atoms with van der Waals surface area (Å²) < 4.78 is 33.4. The zero-order valence-electron chi connectivity index (χ0n) is 10.1. The Morgan fingerprint density at radius 3 is 2.62 bits per heavy atom. The second kappa shape index (κ2) is 5.44. The summed E-state index contributed by atoms with van der Waals surface area (Å²) in [7, 11) is -3.11. The minimum atomic E-state index is -3.11. The normalized spacial score (nSPS) is 23.3. The third-order valence-corrected chi connectivity index (χ3v) is 4.99. The van der Waals surface area contributed by atoms with Crippen LogP contribution < -0.4 is 5.32 Å². The molecule has 1 aliphatic rings. The van der Waals surface area contributed by atoms with Crippen molar-refractivity contribution in [2.45, 2.75) is 31.8 Å². The van der Waals surface area contributed by atoms with E-state index in [9.17, 15) is 8.42 Å². The van der Waals surface area contributed by atoms with E-state index in [4.69, 9.17) is 9.47 Å². The molecule has 1 radical (unpaired) electrons. The van der Waals surface area contributed by atoms with Gasteiger partial charge < -0.3 is 9.47 Å². The van der Waals surface area contributed by atoms with E-state index in [1.807, 2.05) is 0 Å². The van der Waals surface area contributed by atoms with E-state index in [2.05, 4.69) is 5.32 Å². The van der Waals surface area contributed by atoms with Crippen molar-refractivity contribution in [1.29, 1.82) is 0 Å². The van der Waals surface area contributed by atoms with Crippen molar-refractivity contribution in [3.8, 4) is 0 Å². The zero-order valence-corrected chi connectivity index (χ0v) is 10.9. The molecule has 1 heterocycles. The van der Waals surface area contributed by atoms with E-state index in [-0.39, 0.29) is 18.6 Å². The molecule has 0 amide bonds. The van der Waals surface area contributed by atoms with Crippen LogP contribution in [0.15, 0.2) is 0 Å². The molecule has 0 spiro atoms. The third kappa shape index (κ3) is 4.01. The Balaban J connectivity index is 2.29. The van der Waals surface area contributed by atoms with Crippen molar-refractivity contribution in [2.24, 2.45) is 0 Å². The highest BCUT2D eigenvalue weighted by molar-refractivity contribution is 7.92. The fraction of sp³-hybridized carbons (Fsp3) is 1.00. The van der Waals surface area contributed by atoms with E-state index in [0.717, 1.165) is 0 Å². The Bertz CT molecular complexity index is 301.